The van der Waals surface area contributed by atoms with Crippen LogP contribution < -0.4 is 15.5 Å². The van der Waals surface area contributed by atoms with Crippen LogP contribution in [0.2, 0.25) is 0 Å². The first-order valence-electron chi connectivity index (χ1n) is 14.7. The highest BCUT2D eigenvalue weighted by atomic mass is 19.1. The first-order valence-corrected chi connectivity index (χ1v) is 14.7. The number of amides is 1. The second kappa shape index (κ2) is 9.77. The van der Waals surface area contributed by atoms with Crippen LogP contribution in [0.25, 0.3) is 27.4 Å². The fourth-order valence-corrected chi connectivity index (χ4v) is 7.10. The summed E-state index contributed by atoms with van der Waals surface area (Å²) in [6.07, 6.45) is 2.53. The molecule has 0 radical (unpaired) electrons. The van der Waals surface area contributed by atoms with Crippen molar-refractivity contribution in [3.8, 4) is 17.2 Å². The third-order valence-corrected chi connectivity index (χ3v) is 8.96. The van der Waals surface area contributed by atoms with Crippen LogP contribution in [-0.2, 0) is 4.74 Å². The summed E-state index contributed by atoms with van der Waals surface area (Å²) in [5.74, 6) is -0.415. The number of hydroxylamine groups is 2. The van der Waals surface area contributed by atoms with Crippen LogP contribution in [0.4, 0.5) is 10.1 Å². The highest BCUT2D eigenvalue weighted by Gasteiger charge is 2.41. The van der Waals surface area contributed by atoms with Crippen LogP contribution in [0, 0.1) is 11.0 Å². The Bertz CT molecular complexity index is 1840. The van der Waals surface area contributed by atoms with E-state index in [1.807, 2.05) is 64.1 Å². The minimum atomic E-state index is -0.673. The number of anilines is 1. The van der Waals surface area contributed by atoms with Crippen LogP contribution in [0.1, 0.15) is 50.9 Å². The van der Waals surface area contributed by atoms with Crippen LogP contribution in [0.15, 0.2) is 53.5 Å². The van der Waals surface area contributed by atoms with Gasteiger partial charge < -0.3 is 34.5 Å². The van der Waals surface area contributed by atoms with E-state index >= 15 is 4.39 Å². The number of nitrogens with zero attached hydrogens (tertiary/aromatic N) is 3. The maximum absolute atomic E-state index is 16.2. The Labute approximate surface area is 248 Å². The van der Waals surface area contributed by atoms with Gasteiger partial charge in [0, 0.05) is 36.4 Å². The van der Waals surface area contributed by atoms with Crippen molar-refractivity contribution in [3.63, 3.8) is 0 Å². The smallest absolute Gasteiger partial charge is 0.259 e. The molecule has 10 heteroatoms. The molecule has 3 aliphatic rings. The second-order valence-corrected chi connectivity index (χ2v) is 13.0. The Balaban J connectivity index is 1.43. The number of ether oxygens (including phenoxy) is 2. The summed E-state index contributed by atoms with van der Waals surface area (Å²) >= 11 is 0. The van der Waals surface area contributed by atoms with Gasteiger partial charge in [0.2, 0.25) is 5.43 Å². The van der Waals surface area contributed by atoms with Gasteiger partial charge in [0.25, 0.3) is 5.91 Å². The molecule has 0 saturated carbocycles. The molecule has 7 rings (SSSR count). The highest BCUT2D eigenvalue weighted by molar-refractivity contribution is 6.02. The van der Waals surface area contributed by atoms with Gasteiger partial charge in [-0.15, -0.1) is 0 Å². The van der Waals surface area contributed by atoms with Gasteiger partial charge in [0.05, 0.1) is 24.3 Å². The van der Waals surface area contributed by atoms with E-state index in [2.05, 4.69) is 5.32 Å². The van der Waals surface area contributed by atoms with E-state index in [1.54, 1.807) is 15.7 Å². The highest BCUT2D eigenvalue weighted by Crippen LogP contribution is 2.48. The Kier molecular flexibility index (Phi) is 6.32. The van der Waals surface area contributed by atoms with Crippen molar-refractivity contribution in [1.82, 2.24) is 14.5 Å². The van der Waals surface area contributed by atoms with E-state index in [9.17, 15) is 14.8 Å². The SMILES string of the molecule is CC1(C)CC(Nc2c(F)cc3c(=O)c(C(=O)N4CCOCC4)cn4c3c2Oc2cc3ccccc3cc2-4)CC(C)(C)N1[O-]. The molecule has 3 aliphatic heterocycles. The zero-order chi connectivity index (χ0) is 30.3. The number of pyridine rings is 1. The van der Waals surface area contributed by atoms with Gasteiger partial charge in [0.1, 0.15) is 16.8 Å². The molecule has 3 aromatic carbocycles. The van der Waals surface area contributed by atoms with Crippen molar-refractivity contribution in [2.45, 2.75) is 57.7 Å². The Morgan fingerprint density at radius 2 is 1.67 bits per heavy atom. The minimum Gasteiger partial charge on any atom is -0.784 e. The largest absolute Gasteiger partial charge is 0.784 e. The standard InChI is InChI=1S/C33H34FN4O5/c1-32(2)16-21(17-33(3,4)38(32)41)35-27-24(34)15-22-28-30(27)43-26-14-20-8-6-5-7-19(20)13-25(26)37(28)18-23(29(22)39)31(40)36-9-11-42-12-10-36/h5-8,13-15,18,21,35H,9-12,16-17H2,1-4H3/q-1. The number of aromatic nitrogens is 1. The average Bonchev–Trinajstić information content (AvgIpc) is 2.97. The lowest BCUT2D eigenvalue weighted by atomic mass is 9.79. The molecule has 0 atom stereocenters. The number of hydrogen-bond donors (Lipinski definition) is 1. The Morgan fingerprint density at radius 1 is 1.02 bits per heavy atom. The van der Waals surface area contributed by atoms with E-state index in [4.69, 9.17) is 9.47 Å². The summed E-state index contributed by atoms with van der Waals surface area (Å²) in [6, 6.07) is 12.6. The number of halogens is 1. The number of fused-ring (bicyclic) bond motifs is 3. The summed E-state index contributed by atoms with van der Waals surface area (Å²) in [5, 5.41) is 19.4. The Hall–Kier alpha value is -3.99. The lowest BCUT2D eigenvalue weighted by Gasteiger charge is -2.60. The van der Waals surface area contributed by atoms with Gasteiger partial charge in [-0.05, 0) is 69.5 Å². The van der Waals surface area contributed by atoms with Gasteiger partial charge in [-0.25, -0.2) is 4.39 Å². The fourth-order valence-electron chi connectivity index (χ4n) is 7.10. The fraction of sp³-hybridized carbons (Fsp3) is 0.394. The predicted molar refractivity (Wildman–Crippen MR) is 164 cm³/mol. The number of rotatable bonds is 3. The summed E-state index contributed by atoms with van der Waals surface area (Å²) in [6.45, 7) is 9.08. The van der Waals surface area contributed by atoms with E-state index in [1.165, 1.54) is 6.07 Å². The maximum Gasteiger partial charge on any atom is 0.259 e. The molecular formula is C33H34FN4O5-. The molecule has 4 aromatic rings. The van der Waals surface area contributed by atoms with Crippen molar-refractivity contribution in [3.05, 3.63) is 75.5 Å². The summed E-state index contributed by atoms with van der Waals surface area (Å²) in [5.41, 5.74) is -0.776. The zero-order valence-electron chi connectivity index (χ0n) is 24.7. The third kappa shape index (κ3) is 4.47. The van der Waals surface area contributed by atoms with E-state index in [-0.39, 0.29) is 28.4 Å². The van der Waals surface area contributed by atoms with Crippen molar-refractivity contribution in [1.29, 1.82) is 0 Å². The molecule has 0 spiro atoms. The molecule has 2 fully saturated rings. The van der Waals surface area contributed by atoms with Gasteiger partial charge in [-0.2, -0.15) is 0 Å². The number of morpholine rings is 1. The number of piperidine rings is 1. The first kappa shape index (κ1) is 27.8. The normalized spacial score (nSPS) is 19.7. The molecule has 43 heavy (non-hydrogen) atoms. The molecule has 0 aliphatic carbocycles. The number of carbonyl (C=O) groups excluding carboxylic acids is 1. The van der Waals surface area contributed by atoms with Crippen molar-refractivity contribution >= 4 is 33.3 Å². The molecule has 1 aromatic heterocycles. The minimum absolute atomic E-state index is 0.0345. The number of carbonyl (C=O) groups is 1. The quantitative estimate of drug-likeness (QED) is 0.286. The molecular weight excluding hydrogens is 551 g/mol. The maximum atomic E-state index is 16.2. The second-order valence-electron chi connectivity index (χ2n) is 13.0. The monoisotopic (exact) mass is 585 g/mol. The first-order chi connectivity index (χ1) is 20.4. The van der Waals surface area contributed by atoms with Crippen LogP contribution in [-0.4, -0.2) is 63.9 Å². The summed E-state index contributed by atoms with van der Waals surface area (Å²) in [7, 11) is 0. The molecule has 224 valence electrons. The van der Waals surface area contributed by atoms with Crippen LogP contribution >= 0.6 is 0 Å². The molecule has 1 amide bonds. The van der Waals surface area contributed by atoms with Crippen LogP contribution in [0.5, 0.6) is 11.5 Å². The number of hydrogen-bond acceptors (Lipinski definition) is 7. The zero-order valence-corrected chi connectivity index (χ0v) is 24.7. The van der Waals surface area contributed by atoms with Crippen LogP contribution in [0.3, 0.4) is 0 Å². The van der Waals surface area contributed by atoms with Crippen molar-refractivity contribution in [2.75, 3.05) is 31.6 Å². The predicted octanol–water partition coefficient (Wildman–Crippen LogP) is 5.79. The average molecular weight is 586 g/mol. The van der Waals surface area contributed by atoms with Crippen molar-refractivity contribution < 1.29 is 18.7 Å². The van der Waals surface area contributed by atoms with E-state index in [0.29, 0.717) is 56.1 Å². The molecule has 0 bridgehead atoms. The number of benzene rings is 3. The topological polar surface area (TPSA) is 99.1 Å². The molecule has 0 unspecified atom stereocenters. The Morgan fingerprint density at radius 3 is 2.35 bits per heavy atom. The number of nitrogens with one attached hydrogen (secondary N) is 1. The molecule has 1 N–H and O–H groups in total. The summed E-state index contributed by atoms with van der Waals surface area (Å²) < 4.78 is 29.8. The lowest BCUT2D eigenvalue weighted by Crippen LogP contribution is -2.60. The third-order valence-electron chi connectivity index (χ3n) is 8.96. The molecule has 4 heterocycles. The van der Waals surface area contributed by atoms with E-state index < -0.39 is 28.2 Å². The molecule has 9 nitrogen and oxygen atoms in total. The lowest BCUT2D eigenvalue weighted by molar-refractivity contribution is 0.0130. The van der Waals surface area contributed by atoms with E-state index in [0.717, 1.165) is 15.8 Å². The van der Waals surface area contributed by atoms with Crippen molar-refractivity contribution in [2.24, 2.45) is 0 Å². The van der Waals surface area contributed by atoms with Gasteiger partial charge in [-0.3, -0.25) is 9.59 Å². The van der Waals surface area contributed by atoms with Gasteiger partial charge in [0.15, 0.2) is 17.3 Å². The van der Waals surface area contributed by atoms with Gasteiger partial charge >= 0.3 is 0 Å². The molecule has 2 saturated heterocycles. The summed E-state index contributed by atoms with van der Waals surface area (Å²) in [4.78, 5) is 29.1. The van der Waals surface area contributed by atoms with Gasteiger partial charge in [-0.1, -0.05) is 24.3 Å².